The third-order valence-corrected chi connectivity index (χ3v) is 6.24. The van der Waals surface area contributed by atoms with Crippen molar-refractivity contribution in [3.8, 4) is 5.88 Å². The van der Waals surface area contributed by atoms with Crippen molar-refractivity contribution in [2.24, 2.45) is 0 Å². The van der Waals surface area contributed by atoms with Gasteiger partial charge < -0.3 is 9.47 Å². The van der Waals surface area contributed by atoms with E-state index in [-0.39, 0.29) is 23.2 Å². The van der Waals surface area contributed by atoms with E-state index in [9.17, 15) is 8.42 Å². The lowest BCUT2D eigenvalue weighted by atomic mass is 9.85. The summed E-state index contributed by atoms with van der Waals surface area (Å²) in [5.74, 6) is 1.09. The van der Waals surface area contributed by atoms with E-state index in [4.69, 9.17) is 9.47 Å². The first-order valence-corrected chi connectivity index (χ1v) is 9.97. The van der Waals surface area contributed by atoms with E-state index in [1.54, 1.807) is 13.1 Å². The van der Waals surface area contributed by atoms with E-state index in [2.05, 4.69) is 9.88 Å². The van der Waals surface area contributed by atoms with Gasteiger partial charge in [0.25, 0.3) is 0 Å². The average molecular weight is 340 g/mol. The Morgan fingerprint density at radius 1 is 1.43 bits per heavy atom. The molecule has 1 aromatic heterocycles. The predicted octanol–water partition coefficient (Wildman–Crippen LogP) is 1.13. The van der Waals surface area contributed by atoms with E-state index >= 15 is 0 Å². The lowest BCUT2D eigenvalue weighted by molar-refractivity contribution is -0.184. The van der Waals surface area contributed by atoms with E-state index < -0.39 is 9.84 Å². The van der Waals surface area contributed by atoms with E-state index in [1.165, 1.54) is 0 Å². The van der Waals surface area contributed by atoms with Gasteiger partial charge in [-0.25, -0.2) is 13.4 Å². The van der Waals surface area contributed by atoms with E-state index in [0.29, 0.717) is 19.0 Å². The van der Waals surface area contributed by atoms with Gasteiger partial charge >= 0.3 is 0 Å². The van der Waals surface area contributed by atoms with Gasteiger partial charge in [0.15, 0.2) is 9.84 Å². The lowest BCUT2D eigenvalue weighted by Gasteiger charge is -2.53. The molecule has 3 rings (SSSR count). The molecule has 7 heteroatoms. The van der Waals surface area contributed by atoms with Crippen LogP contribution in [-0.4, -0.2) is 67.8 Å². The van der Waals surface area contributed by atoms with Gasteiger partial charge in [0, 0.05) is 50.5 Å². The second kappa shape index (κ2) is 6.75. The van der Waals surface area contributed by atoms with Crippen LogP contribution in [-0.2, 0) is 14.6 Å². The molecule has 3 heterocycles. The van der Waals surface area contributed by atoms with Crippen LogP contribution < -0.4 is 4.74 Å². The highest BCUT2D eigenvalue weighted by Crippen LogP contribution is 2.35. The first-order valence-electron chi connectivity index (χ1n) is 8.15. The number of hydrogen-bond acceptors (Lipinski definition) is 6. The van der Waals surface area contributed by atoms with Gasteiger partial charge in [-0.1, -0.05) is 13.0 Å². The fourth-order valence-corrected chi connectivity index (χ4v) is 4.06. The molecule has 0 N–H and O–H groups in total. The van der Waals surface area contributed by atoms with Gasteiger partial charge in [0.1, 0.15) is 6.10 Å². The quantitative estimate of drug-likeness (QED) is 0.773. The Labute approximate surface area is 137 Å². The van der Waals surface area contributed by atoms with Gasteiger partial charge in [0.05, 0.1) is 18.0 Å². The SMILES string of the molecule is CCS(=O)(=O)CCN1CC2(C[C@@H](Oc3ccccn3)CCO2)C1. The lowest BCUT2D eigenvalue weighted by Crippen LogP contribution is -2.66. The monoisotopic (exact) mass is 340 g/mol. The Balaban J connectivity index is 1.48. The van der Waals surface area contributed by atoms with Crippen molar-refractivity contribution in [3.63, 3.8) is 0 Å². The molecule has 0 amide bonds. The average Bonchev–Trinajstić information content (AvgIpc) is 2.52. The molecular formula is C16H24N2O4S. The fraction of sp³-hybridized carbons (Fsp3) is 0.688. The van der Waals surface area contributed by atoms with E-state index in [1.807, 2.05) is 18.2 Å². The second-order valence-electron chi connectivity index (χ2n) is 6.38. The highest BCUT2D eigenvalue weighted by atomic mass is 32.2. The second-order valence-corrected chi connectivity index (χ2v) is 8.85. The zero-order valence-electron chi connectivity index (χ0n) is 13.5. The maximum absolute atomic E-state index is 11.6. The summed E-state index contributed by atoms with van der Waals surface area (Å²) >= 11 is 0. The highest BCUT2D eigenvalue weighted by molar-refractivity contribution is 7.91. The Morgan fingerprint density at radius 2 is 2.26 bits per heavy atom. The predicted molar refractivity (Wildman–Crippen MR) is 87.3 cm³/mol. The van der Waals surface area contributed by atoms with Crippen molar-refractivity contribution in [1.82, 2.24) is 9.88 Å². The number of likely N-dealkylation sites (tertiary alicyclic amines) is 1. The van der Waals surface area contributed by atoms with Crippen LogP contribution >= 0.6 is 0 Å². The van der Waals surface area contributed by atoms with Gasteiger partial charge in [-0.05, 0) is 6.07 Å². The van der Waals surface area contributed by atoms with Gasteiger partial charge in [0.2, 0.25) is 5.88 Å². The zero-order valence-corrected chi connectivity index (χ0v) is 14.3. The summed E-state index contributed by atoms with van der Waals surface area (Å²) < 4.78 is 35.1. The molecule has 23 heavy (non-hydrogen) atoms. The number of hydrogen-bond donors (Lipinski definition) is 0. The first kappa shape index (κ1) is 16.7. The van der Waals surface area contributed by atoms with E-state index in [0.717, 1.165) is 25.9 Å². The number of rotatable bonds is 6. The van der Waals surface area contributed by atoms with Crippen molar-refractivity contribution in [2.75, 3.05) is 37.7 Å². The van der Waals surface area contributed by atoms with Crippen LogP contribution in [0.15, 0.2) is 24.4 Å². The van der Waals surface area contributed by atoms with Gasteiger partial charge in [-0.3, -0.25) is 4.90 Å². The van der Waals surface area contributed by atoms with Crippen molar-refractivity contribution in [3.05, 3.63) is 24.4 Å². The minimum absolute atomic E-state index is 0.111. The highest BCUT2D eigenvalue weighted by Gasteiger charge is 2.48. The summed E-state index contributed by atoms with van der Waals surface area (Å²) in [6.07, 6.45) is 3.53. The van der Waals surface area contributed by atoms with Crippen molar-refractivity contribution in [1.29, 1.82) is 0 Å². The largest absolute Gasteiger partial charge is 0.474 e. The summed E-state index contributed by atoms with van der Waals surface area (Å²) in [5, 5.41) is 0. The van der Waals surface area contributed by atoms with Crippen LogP contribution in [0.4, 0.5) is 0 Å². The Kier molecular flexibility index (Phi) is 4.89. The van der Waals surface area contributed by atoms with Crippen LogP contribution in [0.25, 0.3) is 0 Å². The van der Waals surface area contributed by atoms with Crippen LogP contribution in [0.1, 0.15) is 19.8 Å². The molecule has 2 aliphatic heterocycles. The summed E-state index contributed by atoms with van der Waals surface area (Å²) in [6.45, 7) is 4.53. The molecule has 0 saturated carbocycles. The molecule has 0 radical (unpaired) electrons. The number of ether oxygens (including phenoxy) is 2. The Bertz CT molecular complexity index is 614. The molecule has 1 spiro atoms. The number of sulfone groups is 1. The summed E-state index contributed by atoms with van der Waals surface area (Å²) in [4.78, 5) is 6.35. The Hall–Kier alpha value is -1.18. The van der Waals surface area contributed by atoms with Crippen molar-refractivity contribution >= 4 is 9.84 Å². The minimum atomic E-state index is -2.90. The van der Waals surface area contributed by atoms with Crippen molar-refractivity contribution < 1.29 is 17.9 Å². The molecule has 2 fully saturated rings. The van der Waals surface area contributed by atoms with Gasteiger partial charge in [-0.15, -0.1) is 0 Å². The molecule has 0 bridgehead atoms. The molecule has 128 valence electrons. The molecule has 0 aliphatic carbocycles. The first-order chi connectivity index (χ1) is 11.0. The molecule has 0 aromatic carbocycles. The van der Waals surface area contributed by atoms with Crippen LogP contribution in [0, 0.1) is 0 Å². The summed E-state index contributed by atoms with van der Waals surface area (Å²) in [5.41, 5.74) is -0.173. The summed E-state index contributed by atoms with van der Waals surface area (Å²) in [6, 6.07) is 5.65. The maximum Gasteiger partial charge on any atom is 0.213 e. The topological polar surface area (TPSA) is 68.7 Å². The molecule has 2 saturated heterocycles. The molecular weight excluding hydrogens is 316 g/mol. The number of nitrogens with zero attached hydrogens (tertiary/aromatic N) is 2. The van der Waals surface area contributed by atoms with Crippen molar-refractivity contribution in [2.45, 2.75) is 31.5 Å². The summed E-state index contributed by atoms with van der Waals surface area (Å²) in [7, 11) is -2.90. The molecule has 6 nitrogen and oxygen atoms in total. The molecule has 1 atom stereocenters. The normalized spacial score (nSPS) is 24.3. The minimum Gasteiger partial charge on any atom is -0.474 e. The van der Waals surface area contributed by atoms with Crippen LogP contribution in [0.3, 0.4) is 0 Å². The molecule has 1 aromatic rings. The maximum atomic E-state index is 11.6. The fourth-order valence-electron chi connectivity index (χ4n) is 3.23. The third kappa shape index (κ3) is 4.22. The smallest absolute Gasteiger partial charge is 0.213 e. The Morgan fingerprint density at radius 3 is 2.96 bits per heavy atom. The van der Waals surface area contributed by atoms with Crippen LogP contribution in [0.5, 0.6) is 5.88 Å². The number of aromatic nitrogens is 1. The van der Waals surface area contributed by atoms with Crippen LogP contribution in [0.2, 0.25) is 0 Å². The standard InChI is InChI=1S/C16H24N2O4S/c1-2-23(19,20)10-8-18-12-16(13-18)11-14(6-9-21-16)22-15-5-3-4-7-17-15/h3-5,7,14H,2,6,8-13H2,1H3/t14-/m0/s1. The zero-order chi connectivity index (χ0) is 16.3. The molecule has 2 aliphatic rings. The third-order valence-electron chi connectivity index (χ3n) is 4.55. The molecule has 0 unspecified atom stereocenters. The van der Waals surface area contributed by atoms with Gasteiger partial charge in [-0.2, -0.15) is 0 Å². The number of pyridine rings is 1.